The van der Waals surface area contributed by atoms with Gasteiger partial charge in [0.15, 0.2) is 5.82 Å². The molecule has 1 fully saturated rings. The minimum Gasteiger partial charge on any atom is -0.339 e. The number of hydrogen-bond acceptors (Lipinski definition) is 4. The summed E-state index contributed by atoms with van der Waals surface area (Å²) < 4.78 is 5.42. The molecule has 3 rings (SSSR count). The van der Waals surface area contributed by atoms with Gasteiger partial charge in [-0.05, 0) is 25.5 Å². The van der Waals surface area contributed by atoms with E-state index < -0.39 is 0 Å². The van der Waals surface area contributed by atoms with Crippen LogP contribution in [0.15, 0.2) is 34.9 Å². The SMILES string of the molecule is CC1(c2nc(Cc3ccccc3)no2)CCNC1. The fourth-order valence-electron chi connectivity index (χ4n) is 2.35. The maximum Gasteiger partial charge on any atom is 0.233 e. The molecule has 0 saturated carbocycles. The van der Waals surface area contributed by atoms with E-state index in [0.717, 1.165) is 37.6 Å². The van der Waals surface area contributed by atoms with Crippen LogP contribution in [-0.4, -0.2) is 23.2 Å². The first-order chi connectivity index (χ1) is 8.76. The van der Waals surface area contributed by atoms with Gasteiger partial charge in [0, 0.05) is 13.0 Å². The van der Waals surface area contributed by atoms with Crippen LogP contribution in [0.2, 0.25) is 0 Å². The van der Waals surface area contributed by atoms with Crippen molar-refractivity contribution in [1.82, 2.24) is 15.5 Å². The average molecular weight is 243 g/mol. The summed E-state index contributed by atoms with van der Waals surface area (Å²) in [4.78, 5) is 4.54. The van der Waals surface area contributed by atoms with Crippen molar-refractivity contribution in [2.45, 2.75) is 25.2 Å². The number of aromatic nitrogens is 2. The van der Waals surface area contributed by atoms with Crippen LogP contribution in [0.3, 0.4) is 0 Å². The van der Waals surface area contributed by atoms with Gasteiger partial charge in [-0.2, -0.15) is 4.98 Å². The average Bonchev–Trinajstić information content (AvgIpc) is 3.01. The molecular formula is C14H17N3O. The molecule has 1 saturated heterocycles. The maximum absolute atomic E-state index is 5.42. The summed E-state index contributed by atoms with van der Waals surface area (Å²) in [6, 6.07) is 10.2. The Morgan fingerprint density at radius 2 is 2.17 bits per heavy atom. The van der Waals surface area contributed by atoms with Crippen LogP contribution < -0.4 is 5.32 Å². The third kappa shape index (κ3) is 2.16. The standard InChI is InChI=1S/C14H17N3O/c1-14(7-8-15-10-14)13-16-12(17-18-13)9-11-5-3-2-4-6-11/h2-6,15H,7-10H2,1H3. The molecule has 1 aliphatic heterocycles. The molecule has 0 spiro atoms. The molecule has 0 aliphatic carbocycles. The number of nitrogens with one attached hydrogen (secondary N) is 1. The highest BCUT2D eigenvalue weighted by atomic mass is 16.5. The molecule has 2 aromatic rings. The van der Waals surface area contributed by atoms with Crippen molar-refractivity contribution in [3.63, 3.8) is 0 Å². The van der Waals surface area contributed by atoms with E-state index in [1.807, 2.05) is 18.2 Å². The molecule has 2 heterocycles. The van der Waals surface area contributed by atoms with Crippen molar-refractivity contribution in [2.75, 3.05) is 13.1 Å². The zero-order chi connectivity index (χ0) is 12.4. The first-order valence-corrected chi connectivity index (χ1v) is 6.34. The zero-order valence-electron chi connectivity index (χ0n) is 10.5. The molecule has 1 aliphatic rings. The highest BCUT2D eigenvalue weighted by Crippen LogP contribution is 2.28. The Bertz CT molecular complexity index is 515. The molecule has 94 valence electrons. The largest absolute Gasteiger partial charge is 0.339 e. The zero-order valence-corrected chi connectivity index (χ0v) is 10.5. The van der Waals surface area contributed by atoms with Gasteiger partial charge in [-0.3, -0.25) is 0 Å². The van der Waals surface area contributed by atoms with E-state index >= 15 is 0 Å². The Hall–Kier alpha value is -1.68. The van der Waals surface area contributed by atoms with Crippen LogP contribution in [0.25, 0.3) is 0 Å². The van der Waals surface area contributed by atoms with Gasteiger partial charge in [-0.15, -0.1) is 0 Å². The maximum atomic E-state index is 5.42. The number of hydrogen-bond donors (Lipinski definition) is 1. The smallest absolute Gasteiger partial charge is 0.233 e. The molecule has 1 atom stereocenters. The van der Waals surface area contributed by atoms with Gasteiger partial charge in [0.1, 0.15) is 0 Å². The third-order valence-corrected chi connectivity index (χ3v) is 3.56. The third-order valence-electron chi connectivity index (χ3n) is 3.56. The number of rotatable bonds is 3. The molecule has 4 heteroatoms. The van der Waals surface area contributed by atoms with Gasteiger partial charge in [0.25, 0.3) is 0 Å². The van der Waals surface area contributed by atoms with E-state index in [2.05, 4.69) is 34.5 Å². The topological polar surface area (TPSA) is 51.0 Å². The summed E-state index contributed by atoms with van der Waals surface area (Å²) in [5.74, 6) is 1.53. The van der Waals surface area contributed by atoms with Crippen molar-refractivity contribution < 1.29 is 4.52 Å². The Labute approximate surface area is 106 Å². The molecule has 1 aromatic heterocycles. The van der Waals surface area contributed by atoms with E-state index in [0.29, 0.717) is 0 Å². The Kier molecular flexibility index (Phi) is 2.88. The normalized spacial score (nSPS) is 23.4. The summed E-state index contributed by atoms with van der Waals surface area (Å²) in [5, 5.41) is 7.43. The molecule has 18 heavy (non-hydrogen) atoms. The van der Waals surface area contributed by atoms with Gasteiger partial charge < -0.3 is 9.84 Å². The molecule has 4 nitrogen and oxygen atoms in total. The summed E-state index contributed by atoms with van der Waals surface area (Å²) in [6.45, 7) is 4.11. The van der Waals surface area contributed by atoms with Gasteiger partial charge in [0.2, 0.25) is 5.89 Å². The lowest BCUT2D eigenvalue weighted by Gasteiger charge is -2.15. The van der Waals surface area contributed by atoms with Gasteiger partial charge in [-0.25, -0.2) is 0 Å². The summed E-state index contributed by atoms with van der Waals surface area (Å²) >= 11 is 0. The van der Waals surface area contributed by atoms with Crippen LogP contribution in [0.4, 0.5) is 0 Å². The summed E-state index contributed by atoms with van der Waals surface area (Å²) in [5.41, 5.74) is 1.21. The highest BCUT2D eigenvalue weighted by molar-refractivity contribution is 5.19. The Morgan fingerprint density at radius 1 is 1.33 bits per heavy atom. The van der Waals surface area contributed by atoms with E-state index in [1.165, 1.54) is 5.56 Å². The molecular weight excluding hydrogens is 226 g/mol. The van der Waals surface area contributed by atoms with Gasteiger partial charge in [0.05, 0.1) is 5.41 Å². The van der Waals surface area contributed by atoms with Crippen molar-refractivity contribution in [3.05, 3.63) is 47.6 Å². The van der Waals surface area contributed by atoms with E-state index in [1.54, 1.807) is 0 Å². The summed E-state index contributed by atoms with van der Waals surface area (Å²) in [7, 11) is 0. The first-order valence-electron chi connectivity index (χ1n) is 6.34. The molecule has 0 amide bonds. The number of benzene rings is 1. The predicted octanol–water partition coefficient (Wildman–Crippen LogP) is 1.91. The first kappa shape index (κ1) is 11.4. The Morgan fingerprint density at radius 3 is 2.89 bits per heavy atom. The molecule has 1 aromatic carbocycles. The van der Waals surface area contributed by atoms with Gasteiger partial charge >= 0.3 is 0 Å². The van der Waals surface area contributed by atoms with Crippen molar-refractivity contribution in [3.8, 4) is 0 Å². The minimum absolute atomic E-state index is 0.00192. The van der Waals surface area contributed by atoms with E-state index in [4.69, 9.17) is 4.52 Å². The van der Waals surface area contributed by atoms with Crippen LogP contribution in [0.1, 0.15) is 30.6 Å². The second-order valence-corrected chi connectivity index (χ2v) is 5.17. The van der Waals surface area contributed by atoms with E-state index in [-0.39, 0.29) is 5.41 Å². The fraction of sp³-hybridized carbons (Fsp3) is 0.429. The monoisotopic (exact) mass is 243 g/mol. The lowest BCUT2D eigenvalue weighted by atomic mass is 9.90. The molecule has 0 bridgehead atoms. The highest BCUT2D eigenvalue weighted by Gasteiger charge is 2.36. The number of nitrogens with zero attached hydrogens (tertiary/aromatic N) is 2. The molecule has 0 radical (unpaired) electrons. The molecule has 1 unspecified atom stereocenters. The Balaban J connectivity index is 1.78. The second-order valence-electron chi connectivity index (χ2n) is 5.17. The van der Waals surface area contributed by atoms with Crippen LogP contribution in [0.5, 0.6) is 0 Å². The van der Waals surface area contributed by atoms with Gasteiger partial charge in [-0.1, -0.05) is 35.5 Å². The quantitative estimate of drug-likeness (QED) is 0.894. The lowest BCUT2D eigenvalue weighted by Crippen LogP contribution is -2.25. The van der Waals surface area contributed by atoms with Crippen molar-refractivity contribution in [2.24, 2.45) is 0 Å². The predicted molar refractivity (Wildman–Crippen MR) is 68.4 cm³/mol. The van der Waals surface area contributed by atoms with Crippen LogP contribution in [0, 0.1) is 0 Å². The fourth-order valence-corrected chi connectivity index (χ4v) is 2.35. The van der Waals surface area contributed by atoms with Crippen LogP contribution in [-0.2, 0) is 11.8 Å². The van der Waals surface area contributed by atoms with E-state index in [9.17, 15) is 0 Å². The van der Waals surface area contributed by atoms with Crippen molar-refractivity contribution in [1.29, 1.82) is 0 Å². The summed E-state index contributed by atoms with van der Waals surface area (Å²) in [6.07, 6.45) is 1.79. The van der Waals surface area contributed by atoms with Crippen molar-refractivity contribution >= 4 is 0 Å². The van der Waals surface area contributed by atoms with Crippen LogP contribution >= 0.6 is 0 Å². The minimum atomic E-state index is 0.00192. The molecule has 1 N–H and O–H groups in total. The lowest BCUT2D eigenvalue weighted by molar-refractivity contribution is 0.304. The second kappa shape index (κ2) is 4.53.